The molecule has 0 N–H and O–H groups in total. The summed E-state index contributed by atoms with van der Waals surface area (Å²) in [5, 5.41) is 0. The van der Waals surface area contributed by atoms with Crippen molar-refractivity contribution < 1.29 is 9.53 Å². The Morgan fingerprint density at radius 1 is 1.45 bits per heavy atom. The van der Waals surface area contributed by atoms with Gasteiger partial charge in [0.2, 0.25) is 0 Å². The Labute approximate surface area is 42.8 Å². The van der Waals surface area contributed by atoms with Gasteiger partial charge in [0, 0.05) is 0 Å². The maximum Gasteiger partial charge on any atom is 0.143 e. The largest absolute Gasteiger partial charge is 0.522 e. The second-order valence-electron chi connectivity index (χ2n) is 0.813. The molecule has 0 unspecified atom stereocenters. The molecular formula is C5H6Cf3O2Rf-2. The summed E-state index contributed by atoms with van der Waals surface area (Å²) in [6, 6.07) is 0. The second kappa shape index (κ2) is 63.1. The Morgan fingerprint density at radius 3 is 1.91 bits per heavy atom. The molecule has 0 aromatic heterocycles. The molecule has 0 saturated heterocycles. The topological polar surface area (TPSA) is 26.3 Å². The summed E-state index contributed by atoms with van der Waals surface area (Å²) in [5.74, 6) is -0.546. The molecule has 6 heteroatoms. The molecule has 0 atom stereocenters. The van der Waals surface area contributed by atoms with Gasteiger partial charge in [0.15, 0.2) is 0 Å². The summed E-state index contributed by atoms with van der Waals surface area (Å²) in [5.41, 5.74) is 0. The maximum atomic E-state index is 9.98. The van der Waals surface area contributed by atoms with Gasteiger partial charge in [-0.1, -0.05) is 0 Å². The van der Waals surface area contributed by atoms with E-state index in [0.29, 0.717) is 0 Å². The van der Waals surface area contributed by atoms with E-state index in [1.807, 2.05) is 6.08 Å². The van der Waals surface area contributed by atoms with Crippen LogP contribution in [-0.2, 0) is 9.53 Å². The Kier molecular flexibility index (Phi) is 660. The van der Waals surface area contributed by atoms with Crippen LogP contribution >= 0.6 is 0 Å². The van der Waals surface area contributed by atoms with E-state index in [1.165, 1.54) is 0 Å². The van der Waals surface area contributed by atoms with Gasteiger partial charge < -0.3 is 17.7 Å². The normalized spacial score (nSPS) is 4.82. The van der Waals surface area contributed by atoms with Crippen molar-refractivity contribution in [2.75, 3.05) is 6.61 Å². The Bertz CT molecular complexity index is 89.8. The van der Waals surface area contributed by atoms with E-state index in [9.17, 15) is 4.79 Å². The molecule has 0 bridgehead atoms. The van der Waals surface area contributed by atoms with Crippen LogP contribution in [0.4, 0.5) is 0 Å². The van der Waals surface area contributed by atoms with Crippen LogP contribution in [0.15, 0.2) is 6.58 Å². The van der Waals surface area contributed by atoms with Crippen molar-refractivity contribution in [3.05, 3.63) is 19.6 Å². The van der Waals surface area contributed by atoms with E-state index in [1.54, 1.807) is 0 Å². The molecule has 0 heterocycles. The van der Waals surface area contributed by atoms with E-state index in [2.05, 4.69) is 18.2 Å². The number of hydrogen-bond acceptors (Lipinski definition) is 2. The zero-order chi connectivity index (χ0) is 5.70. The predicted octanol–water partition coefficient (Wildman–Crippen LogP) is 0.353. The van der Waals surface area contributed by atoms with Gasteiger partial charge in [0.05, 0.1) is 0 Å². The Hall–Kier alpha value is -4.79. The Balaban J connectivity index is -0.0000000300. The molecule has 72 valence electrons. The molecule has 0 fully saturated rings. The molecule has 11 heavy (non-hydrogen) atoms. The van der Waals surface area contributed by atoms with Crippen molar-refractivity contribution in [1.29, 1.82) is 0 Å². The first-order valence-corrected chi connectivity index (χ1v) is 1.80. The fourth-order valence-electron chi connectivity index (χ4n) is 0.144. The number of esters is 1. The average molecular weight is 1120 g/mol. The van der Waals surface area contributed by atoms with Crippen LogP contribution < -0.4 is 0 Å². The summed E-state index contributed by atoms with van der Waals surface area (Å²) in [7, 11) is 0. The van der Waals surface area contributed by atoms with Gasteiger partial charge in [-0.3, -0.25) is 11.4 Å². The summed E-state index contributed by atoms with van der Waals surface area (Å²) >= 11 is 0. The van der Waals surface area contributed by atoms with Gasteiger partial charge in [-0.15, -0.1) is 0 Å². The third kappa shape index (κ3) is 1220. The number of carbonyl (C=O) groups is 1. The van der Waals surface area contributed by atoms with Crippen LogP contribution in [0.1, 0.15) is 0 Å². The zero-order valence-corrected chi connectivity index (χ0v) is 19.9. The molecule has 0 aliphatic heterocycles. The summed E-state index contributed by atoms with van der Waals surface area (Å²) < 4.78 is 4.27. The van der Waals surface area contributed by atoms with Crippen LogP contribution in [0.5, 0.6) is 0 Å². The van der Waals surface area contributed by atoms with Gasteiger partial charge in [-0.05, 0) is 6.61 Å². The van der Waals surface area contributed by atoms with Gasteiger partial charge >= 0.3 is 0 Å². The molecule has 0 aliphatic carbocycles. The van der Waals surface area contributed by atoms with Gasteiger partial charge in [0.1, 0.15) is 5.97 Å². The third-order valence-corrected chi connectivity index (χ3v) is 0.377. The van der Waals surface area contributed by atoms with Crippen molar-refractivity contribution in [3.8, 4) is 0 Å². The van der Waals surface area contributed by atoms with Crippen LogP contribution in [-0.4, -0.2) is 12.6 Å². The van der Waals surface area contributed by atoms with Gasteiger partial charge in [-0.25, -0.2) is 0 Å². The van der Waals surface area contributed by atoms with Crippen LogP contribution in [0, 0.1) is 13.0 Å². The van der Waals surface area contributed by atoms with Crippen molar-refractivity contribution in [2.24, 2.45) is 0 Å². The SMILES string of the molecule is C=[C-]C(=O)OC[CH2-].[Cf].[Cf].[Cf].[Rf]. The fraction of sp³-hybridized carbons (Fsp3) is 0.200. The summed E-state index contributed by atoms with van der Waals surface area (Å²) in [6.07, 6.45) is 2.01. The molecule has 0 aromatic carbocycles. The van der Waals surface area contributed by atoms with Crippen LogP contribution in [0.3, 0.4) is 0 Å². The monoisotopic (exact) mass is 1110 g/mol. The van der Waals surface area contributed by atoms with Crippen molar-refractivity contribution in [3.63, 3.8) is 0 Å². The number of hydrogen-bond donors (Lipinski definition) is 0. The molecule has 0 saturated carbocycles. The summed E-state index contributed by atoms with van der Waals surface area (Å²) in [6.45, 7) is 6.45. The van der Waals surface area contributed by atoms with E-state index in [4.69, 9.17) is 0 Å². The molecule has 0 radical (unpaired) electrons. The molecule has 0 rings (SSSR count). The number of carbonyl (C=O) groups excluding carboxylic acids is 1. The zero-order valence-electron chi connectivity index (χ0n) is 5.59. The Morgan fingerprint density at radius 2 is 1.82 bits per heavy atom. The minimum atomic E-state index is -0.546. The van der Waals surface area contributed by atoms with E-state index >= 15 is 0 Å². The smallest absolute Gasteiger partial charge is 0.143 e. The molecule has 0 spiro atoms. The summed E-state index contributed by atoms with van der Waals surface area (Å²) in [4.78, 5) is 9.98. The quantitative estimate of drug-likeness (QED) is 0.227. The first-order valence-electron chi connectivity index (χ1n) is 1.80. The average Bonchev–Trinajstić information content (AvgIpc) is 1.68. The molecule has 0 amide bonds. The first kappa shape index (κ1) is 115. The second-order valence-corrected chi connectivity index (χ2v) is 0.813. The van der Waals surface area contributed by atoms with Gasteiger partial charge in [-0.2, -0.15) is 0 Å². The first-order chi connectivity index (χ1) is 3.31. The minimum absolute atomic E-state index is 0. The number of rotatable bonds is 2. The van der Waals surface area contributed by atoms with Crippen LogP contribution in [0.2, 0.25) is 0 Å². The minimum Gasteiger partial charge on any atom is -0.522 e. The van der Waals surface area contributed by atoms with E-state index < -0.39 is 5.97 Å². The van der Waals surface area contributed by atoms with E-state index in [0.717, 1.165) is 0 Å². The molecule has 2 nitrogen and oxygen atoms in total. The predicted molar refractivity (Wildman–Crippen MR) is 25.2 cm³/mol. The maximum absolute atomic E-state index is 9.98. The van der Waals surface area contributed by atoms with Crippen LogP contribution in [0.25, 0.3) is 0 Å². The van der Waals surface area contributed by atoms with Crippen molar-refractivity contribution in [2.45, 2.75) is 0 Å². The third-order valence-electron chi connectivity index (χ3n) is 0.377. The molecular weight excluding hydrogens is 1110 g/mol. The fourth-order valence-corrected chi connectivity index (χ4v) is 0.144. The van der Waals surface area contributed by atoms with E-state index in [-0.39, 0.29) is 6.61 Å². The molecule has 0 aromatic rings. The standard InChI is InChI=1S/C5H6O2.3Cf.Rf/c1-3-5(6)7-4-2;;;;/h1-2,4H2;;;;/q-2;;;;. The van der Waals surface area contributed by atoms with Crippen molar-refractivity contribution >= 4 is 5.97 Å². The molecule has 0 aliphatic rings. The van der Waals surface area contributed by atoms with Gasteiger partial charge in [0.25, 0.3) is 0 Å². The van der Waals surface area contributed by atoms with Crippen molar-refractivity contribution in [1.82, 2.24) is 0 Å². The number of ether oxygens (including phenoxy) is 1.